The van der Waals surface area contributed by atoms with Crippen LogP contribution in [0.1, 0.15) is 55.9 Å². The van der Waals surface area contributed by atoms with Crippen molar-refractivity contribution in [1.82, 2.24) is 0 Å². The highest BCUT2D eigenvalue weighted by Crippen LogP contribution is 2.48. The Morgan fingerprint density at radius 1 is 1.33 bits per heavy atom. The molecule has 0 radical (unpaired) electrons. The summed E-state index contributed by atoms with van der Waals surface area (Å²) in [6.45, 7) is 3.25. The summed E-state index contributed by atoms with van der Waals surface area (Å²) < 4.78 is 23.9. The molecule has 3 aliphatic rings. The summed E-state index contributed by atoms with van der Waals surface area (Å²) in [7, 11) is 0. The van der Waals surface area contributed by atoms with Crippen LogP contribution in [-0.4, -0.2) is 25.6 Å². The van der Waals surface area contributed by atoms with E-state index in [2.05, 4.69) is 12.2 Å². The topological polar surface area (TPSA) is 36.9 Å². The van der Waals surface area contributed by atoms with Gasteiger partial charge in [0.1, 0.15) is 11.9 Å². The fourth-order valence-corrected chi connectivity index (χ4v) is 3.95. The molecule has 0 bridgehead atoms. The Morgan fingerprint density at radius 3 is 3.04 bits per heavy atom. The zero-order valence-corrected chi connectivity index (χ0v) is 14.6. The molecular weight excluding hydrogens is 328 g/mol. The molecule has 1 aromatic rings. The van der Waals surface area contributed by atoms with Crippen molar-refractivity contribution in [2.45, 2.75) is 57.2 Å². The van der Waals surface area contributed by atoms with E-state index in [1.807, 2.05) is 19.1 Å². The predicted molar refractivity (Wildman–Crippen MR) is 91.4 cm³/mol. The SMILES string of the molecule is CCOC(OC1CCCCO1)c1cc(Cl)cc2c1O[C@@H]1CC=C[C@H]21. The molecule has 1 fully saturated rings. The molecule has 1 aromatic carbocycles. The highest BCUT2D eigenvalue weighted by Gasteiger charge is 2.38. The van der Waals surface area contributed by atoms with Crippen molar-refractivity contribution < 1.29 is 18.9 Å². The zero-order chi connectivity index (χ0) is 16.5. The minimum atomic E-state index is -0.520. The molecule has 0 amide bonds. The smallest absolute Gasteiger partial charge is 0.190 e. The summed E-state index contributed by atoms with van der Waals surface area (Å²) in [6, 6.07) is 3.90. The summed E-state index contributed by atoms with van der Waals surface area (Å²) >= 11 is 6.38. The van der Waals surface area contributed by atoms with Gasteiger partial charge in [0.05, 0.1) is 5.56 Å². The van der Waals surface area contributed by atoms with Crippen LogP contribution < -0.4 is 4.74 Å². The lowest BCUT2D eigenvalue weighted by molar-refractivity contribution is -0.258. The van der Waals surface area contributed by atoms with Crippen LogP contribution in [0.15, 0.2) is 24.3 Å². The average Bonchev–Trinajstić information content (AvgIpc) is 3.17. The molecule has 24 heavy (non-hydrogen) atoms. The van der Waals surface area contributed by atoms with E-state index >= 15 is 0 Å². The Morgan fingerprint density at radius 2 is 2.25 bits per heavy atom. The van der Waals surface area contributed by atoms with Gasteiger partial charge in [-0.25, -0.2) is 0 Å². The Hall–Kier alpha value is -1.07. The van der Waals surface area contributed by atoms with E-state index in [4.69, 9.17) is 30.5 Å². The largest absolute Gasteiger partial charge is 0.488 e. The van der Waals surface area contributed by atoms with Crippen molar-refractivity contribution in [3.05, 3.63) is 40.4 Å². The van der Waals surface area contributed by atoms with Crippen LogP contribution >= 0.6 is 11.6 Å². The molecule has 0 aromatic heterocycles. The molecule has 0 saturated carbocycles. The molecule has 2 unspecified atom stereocenters. The first-order valence-electron chi connectivity index (χ1n) is 8.81. The summed E-state index contributed by atoms with van der Waals surface area (Å²) in [5, 5.41) is 0.686. The lowest BCUT2D eigenvalue weighted by Crippen LogP contribution is -2.26. The van der Waals surface area contributed by atoms with Crippen molar-refractivity contribution in [3.63, 3.8) is 0 Å². The summed E-state index contributed by atoms with van der Waals surface area (Å²) in [5.41, 5.74) is 2.01. The maximum atomic E-state index is 6.38. The third-order valence-corrected chi connectivity index (χ3v) is 5.06. The number of ether oxygens (including phenoxy) is 4. The average molecular weight is 351 g/mol. The van der Waals surface area contributed by atoms with E-state index < -0.39 is 6.29 Å². The molecule has 2 heterocycles. The number of halogens is 1. The molecule has 0 N–H and O–H groups in total. The van der Waals surface area contributed by atoms with E-state index in [1.54, 1.807) is 0 Å². The Kier molecular flexibility index (Phi) is 4.81. The third kappa shape index (κ3) is 3.08. The van der Waals surface area contributed by atoms with Crippen molar-refractivity contribution >= 4 is 11.6 Å². The Bertz CT molecular complexity index is 624. The number of hydrogen-bond donors (Lipinski definition) is 0. The predicted octanol–water partition coefficient (Wildman–Crippen LogP) is 4.72. The van der Waals surface area contributed by atoms with Crippen molar-refractivity contribution in [3.8, 4) is 5.75 Å². The van der Waals surface area contributed by atoms with Crippen LogP contribution in [0.2, 0.25) is 5.02 Å². The summed E-state index contributed by atoms with van der Waals surface area (Å²) in [6.07, 6.45) is 7.82. The lowest BCUT2D eigenvalue weighted by atomic mass is 9.96. The van der Waals surface area contributed by atoms with Gasteiger partial charge >= 0.3 is 0 Å². The van der Waals surface area contributed by atoms with E-state index in [1.165, 1.54) is 0 Å². The van der Waals surface area contributed by atoms with Crippen LogP contribution in [0.4, 0.5) is 0 Å². The summed E-state index contributed by atoms with van der Waals surface area (Å²) in [4.78, 5) is 0. The molecule has 1 aliphatic carbocycles. The standard InChI is InChI=1S/C19H23ClO4/c1-2-21-19(24-17-8-3-4-9-22-17)15-11-12(20)10-14-13-6-5-7-16(13)23-18(14)15/h5-6,10-11,13,16-17,19H,2-4,7-9H2,1H3/t13-,16-,17?,19?/m1/s1. The second-order valence-corrected chi connectivity index (χ2v) is 6.92. The van der Waals surface area contributed by atoms with Crippen molar-refractivity contribution in [2.75, 3.05) is 13.2 Å². The minimum absolute atomic E-state index is 0.172. The Balaban J connectivity index is 1.64. The van der Waals surface area contributed by atoms with Crippen LogP contribution in [0, 0.1) is 0 Å². The van der Waals surface area contributed by atoms with Crippen LogP contribution in [0.3, 0.4) is 0 Å². The lowest BCUT2D eigenvalue weighted by Gasteiger charge is -2.28. The van der Waals surface area contributed by atoms with Gasteiger partial charge < -0.3 is 18.9 Å². The van der Waals surface area contributed by atoms with Crippen LogP contribution in [0.25, 0.3) is 0 Å². The van der Waals surface area contributed by atoms with Crippen LogP contribution in [-0.2, 0) is 14.2 Å². The summed E-state index contributed by atoms with van der Waals surface area (Å²) in [5.74, 6) is 1.15. The number of hydrogen-bond acceptors (Lipinski definition) is 4. The van der Waals surface area contributed by atoms with Gasteiger partial charge in [-0.2, -0.15) is 0 Å². The monoisotopic (exact) mass is 350 g/mol. The van der Waals surface area contributed by atoms with Gasteiger partial charge in [0.15, 0.2) is 12.6 Å². The third-order valence-electron chi connectivity index (χ3n) is 4.84. The fourth-order valence-electron chi connectivity index (χ4n) is 3.71. The normalized spacial score (nSPS) is 29.2. The molecule has 4 rings (SSSR count). The van der Waals surface area contributed by atoms with E-state index in [0.717, 1.165) is 49.2 Å². The number of fused-ring (bicyclic) bond motifs is 3. The van der Waals surface area contributed by atoms with Crippen molar-refractivity contribution in [2.24, 2.45) is 0 Å². The molecular formula is C19H23ClO4. The Labute approximate surface area is 147 Å². The van der Waals surface area contributed by atoms with Gasteiger partial charge in [-0.1, -0.05) is 23.8 Å². The molecule has 1 saturated heterocycles. The molecule has 4 nitrogen and oxygen atoms in total. The molecule has 4 atom stereocenters. The van der Waals surface area contributed by atoms with Gasteiger partial charge in [0, 0.05) is 36.1 Å². The maximum absolute atomic E-state index is 6.38. The van der Waals surface area contributed by atoms with Gasteiger partial charge in [0.2, 0.25) is 0 Å². The van der Waals surface area contributed by atoms with Gasteiger partial charge in [-0.3, -0.25) is 0 Å². The van der Waals surface area contributed by atoms with E-state index in [0.29, 0.717) is 11.6 Å². The number of rotatable bonds is 5. The molecule has 2 aliphatic heterocycles. The van der Waals surface area contributed by atoms with Gasteiger partial charge in [-0.15, -0.1) is 0 Å². The van der Waals surface area contributed by atoms with Crippen LogP contribution in [0.5, 0.6) is 5.75 Å². The zero-order valence-electron chi connectivity index (χ0n) is 13.9. The minimum Gasteiger partial charge on any atom is -0.488 e. The van der Waals surface area contributed by atoms with E-state index in [9.17, 15) is 0 Å². The first-order chi connectivity index (χ1) is 11.8. The highest BCUT2D eigenvalue weighted by molar-refractivity contribution is 6.30. The van der Waals surface area contributed by atoms with E-state index in [-0.39, 0.29) is 18.3 Å². The first-order valence-corrected chi connectivity index (χ1v) is 9.19. The second kappa shape index (κ2) is 7.04. The fraction of sp³-hybridized carbons (Fsp3) is 0.579. The molecule has 5 heteroatoms. The van der Waals surface area contributed by atoms with Crippen molar-refractivity contribution in [1.29, 1.82) is 0 Å². The van der Waals surface area contributed by atoms with Gasteiger partial charge in [0.25, 0.3) is 0 Å². The highest BCUT2D eigenvalue weighted by atomic mass is 35.5. The molecule has 0 spiro atoms. The molecule has 130 valence electrons. The van der Waals surface area contributed by atoms with Gasteiger partial charge in [-0.05, 0) is 38.3 Å². The quantitative estimate of drug-likeness (QED) is 0.568. The first kappa shape index (κ1) is 16.4. The number of benzene rings is 1. The maximum Gasteiger partial charge on any atom is 0.190 e. The second-order valence-electron chi connectivity index (χ2n) is 6.48.